The topological polar surface area (TPSA) is 40.5 Å². The molecule has 26 heavy (non-hydrogen) atoms. The summed E-state index contributed by atoms with van der Waals surface area (Å²) in [5.74, 6) is -2.55. The Morgan fingerprint density at radius 1 is 1.08 bits per heavy atom. The summed E-state index contributed by atoms with van der Waals surface area (Å²) in [5, 5.41) is 10.0. The van der Waals surface area contributed by atoms with Crippen molar-refractivity contribution in [3.63, 3.8) is 0 Å². The lowest BCUT2D eigenvalue weighted by molar-refractivity contribution is -0.143. The molecule has 0 bridgehead atoms. The van der Waals surface area contributed by atoms with Crippen molar-refractivity contribution in [2.45, 2.75) is 18.9 Å². The molecule has 1 heterocycles. The molecule has 0 aliphatic carbocycles. The average Bonchev–Trinajstić information content (AvgIpc) is 2.59. The fourth-order valence-corrected chi connectivity index (χ4v) is 3.92. The molecule has 0 radical (unpaired) electrons. The number of rotatable bonds is 4. The zero-order chi connectivity index (χ0) is 18.8. The van der Waals surface area contributed by atoms with Crippen LogP contribution in [0.15, 0.2) is 36.4 Å². The molecular formula is C19H17Cl2F2NO2. The van der Waals surface area contributed by atoms with Crippen LogP contribution in [0.5, 0.6) is 0 Å². The molecule has 2 aromatic carbocycles. The number of halogens is 4. The summed E-state index contributed by atoms with van der Waals surface area (Å²) < 4.78 is 27.9. The van der Waals surface area contributed by atoms with E-state index in [2.05, 4.69) is 0 Å². The summed E-state index contributed by atoms with van der Waals surface area (Å²) in [5.41, 5.74) is 0.944. The van der Waals surface area contributed by atoms with Crippen molar-refractivity contribution in [3.05, 3.63) is 69.2 Å². The largest absolute Gasteiger partial charge is 0.481 e. The van der Waals surface area contributed by atoms with Gasteiger partial charge in [-0.15, -0.1) is 0 Å². The van der Waals surface area contributed by atoms with E-state index in [9.17, 15) is 18.7 Å². The van der Waals surface area contributed by atoms with Gasteiger partial charge in [-0.3, -0.25) is 9.69 Å². The molecule has 0 saturated carbocycles. The van der Waals surface area contributed by atoms with Crippen molar-refractivity contribution in [3.8, 4) is 0 Å². The van der Waals surface area contributed by atoms with E-state index in [4.69, 9.17) is 23.2 Å². The Kier molecular flexibility index (Phi) is 5.80. The molecule has 1 N–H and O–H groups in total. The molecule has 1 aliphatic rings. The van der Waals surface area contributed by atoms with Crippen molar-refractivity contribution in [2.75, 3.05) is 13.1 Å². The lowest BCUT2D eigenvalue weighted by Gasteiger charge is -2.37. The van der Waals surface area contributed by atoms with Gasteiger partial charge in [0.1, 0.15) is 11.6 Å². The van der Waals surface area contributed by atoms with E-state index in [1.807, 2.05) is 4.90 Å². The predicted octanol–water partition coefficient (Wildman–Crippen LogP) is 5.16. The molecule has 1 saturated heterocycles. The Bertz CT molecular complexity index is 772. The number of likely N-dealkylation sites (tertiary alicyclic amines) is 1. The number of hydrogen-bond acceptors (Lipinski definition) is 2. The van der Waals surface area contributed by atoms with Gasteiger partial charge in [-0.05, 0) is 49.7 Å². The third-order valence-corrected chi connectivity index (χ3v) is 5.32. The second-order valence-electron chi connectivity index (χ2n) is 6.38. The minimum atomic E-state index is -0.821. The van der Waals surface area contributed by atoms with Gasteiger partial charge in [0.2, 0.25) is 0 Å². The Labute approximate surface area is 160 Å². The highest BCUT2D eigenvalue weighted by molar-refractivity contribution is 6.35. The molecule has 1 unspecified atom stereocenters. The summed E-state index contributed by atoms with van der Waals surface area (Å²) in [6, 6.07) is 7.88. The SMILES string of the molecule is O=C(O)C1CCN(C(c2ccc(F)cc2F)c2ccc(Cl)cc2Cl)CC1. The van der Waals surface area contributed by atoms with Gasteiger partial charge in [0.25, 0.3) is 0 Å². The molecule has 1 aliphatic heterocycles. The molecule has 3 rings (SSSR count). The highest BCUT2D eigenvalue weighted by atomic mass is 35.5. The second kappa shape index (κ2) is 7.91. The number of hydrogen-bond donors (Lipinski definition) is 1. The van der Waals surface area contributed by atoms with Crippen LogP contribution in [0.25, 0.3) is 0 Å². The van der Waals surface area contributed by atoms with Crippen LogP contribution in [0.4, 0.5) is 8.78 Å². The summed E-state index contributed by atoms with van der Waals surface area (Å²) >= 11 is 12.3. The third kappa shape index (κ3) is 4.00. The van der Waals surface area contributed by atoms with Crippen molar-refractivity contribution in [1.29, 1.82) is 0 Å². The Balaban J connectivity index is 2.01. The van der Waals surface area contributed by atoms with Crippen LogP contribution in [0, 0.1) is 17.6 Å². The van der Waals surface area contributed by atoms with Gasteiger partial charge in [0, 0.05) is 21.7 Å². The number of piperidine rings is 1. The normalized spacial score (nSPS) is 17.2. The molecule has 1 fully saturated rings. The van der Waals surface area contributed by atoms with Gasteiger partial charge in [-0.2, -0.15) is 0 Å². The first-order chi connectivity index (χ1) is 12.4. The molecule has 138 valence electrons. The number of nitrogens with zero attached hydrogens (tertiary/aromatic N) is 1. The molecule has 7 heteroatoms. The molecule has 0 aromatic heterocycles. The summed E-state index contributed by atoms with van der Waals surface area (Å²) in [4.78, 5) is 13.2. The fraction of sp³-hybridized carbons (Fsp3) is 0.316. The Hall–Kier alpha value is -1.69. The van der Waals surface area contributed by atoms with Crippen LogP contribution in [-0.4, -0.2) is 29.1 Å². The molecule has 2 aromatic rings. The molecular weight excluding hydrogens is 383 g/mol. The standard InChI is InChI=1S/C19H17Cl2F2NO2/c20-12-1-3-14(16(21)9-12)18(15-4-2-13(22)10-17(15)23)24-7-5-11(6-8-24)19(25)26/h1-4,9-11,18H,5-8H2,(H,25,26). The molecule has 1 atom stereocenters. The smallest absolute Gasteiger partial charge is 0.306 e. The first-order valence-corrected chi connectivity index (χ1v) is 8.99. The van der Waals surface area contributed by atoms with Gasteiger partial charge in [0.15, 0.2) is 0 Å². The van der Waals surface area contributed by atoms with Crippen LogP contribution in [0.3, 0.4) is 0 Å². The van der Waals surface area contributed by atoms with Crippen molar-refractivity contribution < 1.29 is 18.7 Å². The lowest BCUT2D eigenvalue weighted by Crippen LogP contribution is -2.39. The van der Waals surface area contributed by atoms with Crippen LogP contribution in [0.1, 0.15) is 30.0 Å². The maximum absolute atomic E-state index is 14.5. The number of carboxylic acid groups (broad SMARTS) is 1. The minimum Gasteiger partial charge on any atom is -0.481 e. The number of carboxylic acids is 1. The number of benzene rings is 2. The van der Waals surface area contributed by atoms with Crippen molar-refractivity contribution in [1.82, 2.24) is 4.90 Å². The summed E-state index contributed by atoms with van der Waals surface area (Å²) in [6.45, 7) is 0.939. The van der Waals surface area contributed by atoms with E-state index in [0.717, 1.165) is 6.07 Å². The molecule has 3 nitrogen and oxygen atoms in total. The third-order valence-electron chi connectivity index (χ3n) is 4.76. The van der Waals surface area contributed by atoms with E-state index in [1.165, 1.54) is 12.1 Å². The van der Waals surface area contributed by atoms with Crippen LogP contribution < -0.4 is 0 Å². The van der Waals surface area contributed by atoms with Crippen LogP contribution in [-0.2, 0) is 4.79 Å². The predicted molar refractivity (Wildman–Crippen MR) is 96.6 cm³/mol. The minimum absolute atomic E-state index is 0.296. The number of carbonyl (C=O) groups is 1. The van der Waals surface area contributed by atoms with E-state index in [1.54, 1.807) is 18.2 Å². The second-order valence-corrected chi connectivity index (χ2v) is 7.23. The fourth-order valence-electron chi connectivity index (χ4n) is 3.41. The quantitative estimate of drug-likeness (QED) is 0.771. The highest BCUT2D eigenvalue weighted by Crippen LogP contribution is 2.38. The van der Waals surface area contributed by atoms with Gasteiger partial charge in [-0.1, -0.05) is 35.3 Å². The monoisotopic (exact) mass is 399 g/mol. The van der Waals surface area contributed by atoms with Gasteiger partial charge < -0.3 is 5.11 Å². The summed E-state index contributed by atoms with van der Waals surface area (Å²) in [7, 11) is 0. The van der Waals surface area contributed by atoms with Crippen molar-refractivity contribution >= 4 is 29.2 Å². The Morgan fingerprint density at radius 2 is 1.73 bits per heavy atom. The average molecular weight is 400 g/mol. The van der Waals surface area contributed by atoms with E-state index in [0.29, 0.717) is 47.1 Å². The van der Waals surface area contributed by atoms with Gasteiger partial charge in [-0.25, -0.2) is 8.78 Å². The lowest BCUT2D eigenvalue weighted by atomic mass is 9.91. The van der Waals surface area contributed by atoms with Gasteiger partial charge >= 0.3 is 5.97 Å². The number of aliphatic carboxylic acids is 1. The van der Waals surface area contributed by atoms with Crippen LogP contribution in [0.2, 0.25) is 10.0 Å². The zero-order valence-electron chi connectivity index (χ0n) is 13.8. The van der Waals surface area contributed by atoms with Crippen molar-refractivity contribution in [2.24, 2.45) is 5.92 Å². The maximum Gasteiger partial charge on any atom is 0.306 e. The maximum atomic E-state index is 14.5. The molecule has 0 amide bonds. The van der Waals surface area contributed by atoms with E-state index >= 15 is 0 Å². The van der Waals surface area contributed by atoms with Crippen LogP contribution >= 0.6 is 23.2 Å². The highest BCUT2D eigenvalue weighted by Gasteiger charge is 2.32. The van der Waals surface area contributed by atoms with E-state index < -0.39 is 29.6 Å². The Morgan fingerprint density at radius 3 is 2.31 bits per heavy atom. The first kappa shape index (κ1) is 19.1. The zero-order valence-corrected chi connectivity index (χ0v) is 15.3. The first-order valence-electron chi connectivity index (χ1n) is 8.23. The van der Waals surface area contributed by atoms with E-state index in [-0.39, 0.29) is 0 Å². The summed E-state index contributed by atoms with van der Waals surface area (Å²) in [6.07, 6.45) is 0.916. The van der Waals surface area contributed by atoms with Gasteiger partial charge in [0.05, 0.1) is 12.0 Å². The molecule has 0 spiro atoms.